The lowest BCUT2D eigenvalue weighted by molar-refractivity contribution is -0.384. The van der Waals surface area contributed by atoms with E-state index in [0.717, 1.165) is 22.8 Å². The predicted molar refractivity (Wildman–Crippen MR) is 128 cm³/mol. The molecule has 0 unspecified atom stereocenters. The molecule has 164 valence electrons. The molecule has 9 heteroatoms. The molecule has 1 aliphatic heterocycles. The van der Waals surface area contributed by atoms with Crippen LogP contribution in [-0.4, -0.2) is 24.7 Å². The molecule has 2 atom stereocenters. The summed E-state index contributed by atoms with van der Waals surface area (Å²) in [6.45, 7) is 0. The van der Waals surface area contributed by atoms with Gasteiger partial charge in [-0.25, -0.2) is 0 Å². The third kappa shape index (κ3) is 3.79. The number of thiocarbonyl (C=S) groups is 1. The van der Waals surface area contributed by atoms with Crippen LogP contribution in [0.1, 0.15) is 23.5 Å². The number of phenols is 1. The molecule has 2 aromatic heterocycles. The van der Waals surface area contributed by atoms with Crippen molar-refractivity contribution < 1.29 is 10.0 Å². The van der Waals surface area contributed by atoms with Gasteiger partial charge in [-0.3, -0.25) is 15.1 Å². The first-order valence-corrected chi connectivity index (χ1v) is 10.7. The van der Waals surface area contributed by atoms with E-state index in [-0.39, 0.29) is 23.5 Å². The molecule has 2 N–H and O–H groups in total. The highest BCUT2D eigenvalue weighted by Crippen LogP contribution is 2.42. The Morgan fingerprint density at radius 3 is 2.36 bits per heavy atom. The van der Waals surface area contributed by atoms with E-state index in [4.69, 9.17) is 12.2 Å². The first-order valence-electron chi connectivity index (χ1n) is 10.2. The van der Waals surface area contributed by atoms with Gasteiger partial charge in [0.2, 0.25) is 0 Å². The SMILES string of the molecule is O=[N+]([O-])c1ccc(-n2cccc2[C@H]2[C@H](c3ccccn3)NC(=S)N2c2ccc(O)cc2)cc1. The maximum absolute atomic E-state index is 11.1. The van der Waals surface area contributed by atoms with Crippen LogP contribution in [0.15, 0.2) is 91.3 Å². The van der Waals surface area contributed by atoms with Gasteiger partial charge in [0.25, 0.3) is 5.69 Å². The largest absolute Gasteiger partial charge is 0.508 e. The summed E-state index contributed by atoms with van der Waals surface area (Å²) in [6.07, 6.45) is 3.66. The van der Waals surface area contributed by atoms with Gasteiger partial charge in [0, 0.05) is 41.6 Å². The molecule has 4 aromatic rings. The van der Waals surface area contributed by atoms with Crippen LogP contribution in [0.5, 0.6) is 5.75 Å². The number of nitrogens with one attached hydrogen (secondary N) is 1. The van der Waals surface area contributed by atoms with Crippen molar-refractivity contribution in [1.29, 1.82) is 0 Å². The monoisotopic (exact) mass is 457 g/mol. The molecule has 1 fully saturated rings. The van der Waals surface area contributed by atoms with Crippen molar-refractivity contribution in [3.05, 3.63) is 113 Å². The van der Waals surface area contributed by atoms with Crippen LogP contribution in [0.2, 0.25) is 0 Å². The van der Waals surface area contributed by atoms with E-state index < -0.39 is 4.92 Å². The van der Waals surface area contributed by atoms with Crippen molar-refractivity contribution in [1.82, 2.24) is 14.9 Å². The molecule has 2 aromatic carbocycles. The molecular formula is C24H19N5O3S. The van der Waals surface area contributed by atoms with Crippen LogP contribution < -0.4 is 10.2 Å². The number of hydrogen-bond donors (Lipinski definition) is 2. The molecule has 0 saturated carbocycles. The number of rotatable bonds is 5. The van der Waals surface area contributed by atoms with Crippen molar-refractivity contribution in [3.63, 3.8) is 0 Å². The molecular weight excluding hydrogens is 438 g/mol. The Labute approximate surface area is 194 Å². The lowest BCUT2D eigenvalue weighted by Crippen LogP contribution is -2.30. The number of hydrogen-bond acceptors (Lipinski definition) is 5. The van der Waals surface area contributed by atoms with Gasteiger partial charge in [0.15, 0.2) is 5.11 Å². The fraction of sp³-hybridized carbons (Fsp3) is 0.0833. The van der Waals surface area contributed by atoms with Gasteiger partial charge >= 0.3 is 0 Å². The Morgan fingerprint density at radius 1 is 0.970 bits per heavy atom. The van der Waals surface area contributed by atoms with E-state index >= 15 is 0 Å². The Bertz CT molecular complexity index is 1310. The Morgan fingerprint density at radius 2 is 1.70 bits per heavy atom. The zero-order chi connectivity index (χ0) is 22.9. The number of aromatic hydroxyl groups is 1. The lowest BCUT2D eigenvalue weighted by Gasteiger charge is -2.29. The third-order valence-corrected chi connectivity index (χ3v) is 5.96. The van der Waals surface area contributed by atoms with E-state index in [1.807, 2.05) is 58.1 Å². The molecule has 0 radical (unpaired) electrons. The average Bonchev–Trinajstić information content (AvgIpc) is 3.44. The minimum absolute atomic E-state index is 0.0354. The summed E-state index contributed by atoms with van der Waals surface area (Å²) in [5.74, 6) is 0.170. The molecule has 0 aliphatic carbocycles. The highest BCUT2D eigenvalue weighted by Gasteiger charge is 2.42. The molecule has 1 aliphatic rings. The first kappa shape index (κ1) is 20.7. The van der Waals surface area contributed by atoms with Crippen molar-refractivity contribution >= 4 is 28.7 Å². The minimum Gasteiger partial charge on any atom is -0.508 e. The maximum Gasteiger partial charge on any atom is 0.269 e. The van der Waals surface area contributed by atoms with E-state index in [9.17, 15) is 15.2 Å². The van der Waals surface area contributed by atoms with Crippen molar-refractivity contribution in [2.45, 2.75) is 12.1 Å². The van der Waals surface area contributed by atoms with Crippen LogP contribution in [0.4, 0.5) is 11.4 Å². The van der Waals surface area contributed by atoms with E-state index in [2.05, 4.69) is 10.3 Å². The Kier molecular flexibility index (Phi) is 5.23. The molecule has 0 bridgehead atoms. The number of anilines is 1. The van der Waals surface area contributed by atoms with E-state index in [1.54, 1.807) is 30.5 Å². The standard InChI is InChI=1S/C24H19N5O3S/c30-19-12-10-17(11-13-19)28-23(22(26-24(28)33)20-4-1-2-14-25-20)21-5-3-15-27(21)16-6-8-18(9-7-16)29(31)32/h1-15,22-23,30H,(H,26,33)/t22-,23-/m0/s1. The zero-order valence-corrected chi connectivity index (χ0v) is 18.1. The summed E-state index contributed by atoms with van der Waals surface area (Å²) in [5.41, 5.74) is 3.42. The summed E-state index contributed by atoms with van der Waals surface area (Å²) in [4.78, 5) is 17.2. The molecule has 8 nitrogen and oxygen atoms in total. The van der Waals surface area contributed by atoms with E-state index in [1.165, 1.54) is 12.1 Å². The molecule has 1 saturated heterocycles. The predicted octanol–water partition coefficient (Wildman–Crippen LogP) is 4.66. The van der Waals surface area contributed by atoms with Crippen LogP contribution >= 0.6 is 12.2 Å². The average molecular weight is 458 g/mol. The molecule has 33 heavy (non-hydrogen) atoms. The van der Waals surface area contributed by atoms with Gasteiger partial charge in [0.1, 0.15) is 11.8 Å². The van der Waals surface area contributed by atoms with Gasteiger partial charge < -0.3 is 19.9 Å². The lowest BCUT2D eigenvalue weighted by atomic mass is 10.0. The van der Waals surface area contributed by atoms with Gasteiger partial charge in [-0.2, -0.15) is 0 Å². The number of aromatic nitrogens is 2. The van der Waals surface area contributed by atoms with Crippen LogP contribution in [-0.2, 0) is 0 Å². The Hall–Kier alpha value is -4.24. The molecule has 0 spiro atoms. The first-order chi connectivity index (χ1) is 16.0. The number of non-ortho nitro benzene ring substituents is 1. The summed E-state index contributed by atoms with van der Waals surface area (Å²) >= 11 is 5.73. The van der Waals surface area contributed by atoms with Gasteiger partial charge in [-0.15, -0.1) is 0 Å². The van der Waals surface area contributed by atoms with Crippen LogP contribution in [0, 0.1) is 10.1 Å². The topological polar surface area (TPSA) is 96.5 Å². The second-order valence-corrected chi connectivity index (χ2v) is 7.98. The molecule has 0 amide bonds. The Balaban J connectivity index is 1.63. The number of pyridine rings is 1. The highest BCUT2D eigenvalue weighted by molar-refractivity contribution is 7.80. The van der Waals surface area contributed by atoms with Crippen molar-refractivity contribution in [3.8, 4) is 11.4 Å². The number of phenolic OH excluding ortho intramolecular Hbond substituents is 1. The van der Waals surface area contributed by atoms with Crippen LogP contribution in [0.25, 0.3) is 5.69 Å². The summed E-state index contributed by atoms with van der Waals surface area (Å²) in [7, 11) is 0. The number of nitro groups is 1. The van der Waals surface area contributed by atoms with Gasteiger partial charge in [-0.05, 0) is 72.9 Å². The maximum atomic E-state index is 11.1. The number of nitrogens with zero attached hydrogens (tertiary/aromatic N) is 4. The van der Waals surface area contributed by atoms with E-state index in [0.29, 0.717) is 5.11 Å². The second kappa shape index (κ2) is 8.36. The number of benzene rings is 2. The normalized spacial score (nSPS) is 17.7. The third-order valence-electron chi connectivity index (χ3n) is 5.65. The van der Waals surface area contributed by atoms with Gasteiger partial charge in [-0.1, -0.05) is 6.07 Å². The fourth-order valence-corrected chi connectivity index (χ4v) is 4.50. The summed E-state index contributed by atoms with van der Waals surface area (Å²) < 4.78 is 1.99. The van der Waals surface area contributed by atoms with Crippen LogP contribution in [0.3, 0.4) is 0 Å². The fourth-order valence-electron chi connectivity index (χ4n) is 4.15. The zero-order valence-electron chi connectivity index (χ0n) is 17.3. The van der Waals surface area contributed by atoms with Gasteiger partial charge in [0.05, 0.1) is 16.7 Å². The smallest absolute Gasteiger partial charge is 0.269 e. The minimum atomic E-state index is -0.413. The highest BCUT2D eigenvalue weighted by atomic mass is 32.1. The molecule has 5 rings (SSSR count). The quantitative estimate of drug-likeness (QED) is 0.256. The van der Waals surface area contributed by atoms with Crippen molar-refractivity contribution in [2.75, 3.05) is 4.90 Å². The second-order valence-electron chi connectivity index (χ2n) is 7.59. The summed E-state index contributed by atoms with van der Waals surface area (Å²) in [6, 6.07) is 22.5. The number of nitro benzene ring substituents is 1. The van der Waals surface area contributed by atoms with Crippen molar-refractivity contribution in [2.24, 2.45) is 0 Å². The summed E-state index contributed by atoms with van der Waals surface area (Å²) in [5, 5.41) is 24.8. The molecule has 3 heterocycles.